The van der Waals surface area contributed by atoms with Gasteiger partial charge in [-0.05, 0) is 17.7 Å². The number of anilines is 1. The molecule has 1 rings (SSSR count). The lowest BCUT2D eigenvalue weighted by atomic mass is 10.2. The molecule has 0 bridgehead atoms. The van der Waals surface area contributed by atoms with E-state index in [4.69, 9.17) is 0 Å². The first-order valence-electron chi connectivity index (χ1n) is 8.50. The second-order valence-electron chi connectivity index (χ2n) is 4.14. The van der Waals surface area contributed by atoms with Gasteiger partial charge in [-0.3, -0.25) is 9.59 Å². The fraction of sp³-hybridized carbons (Fsp3) is 0.333. The van der Waals surface area contributed by atoms with Crippen molar-refractivity contribution in [3.05, 3.63) is 67.3 Å². The number of allylic oxidation sites excluding steroid dienone is 2. The summed E-state index contributed by atoms with van der Waals surface area (Å²) in [7, 11) is 0. The zero-order valence-corrected chi connectivity index (χ0v) is 16.6. The van der Waals surface area contributed by atoms with Gasteiger partial charge < -0.3 is 10.6 Å². The molecule has 0 fully saturated rings. The first-order valence-corrected chi connectivity index (χ1v) is 8.50. The molecule has 2 amide bonds. The number of amides is 2. The molecule has 0 aliphatic rings. The molecule has 0 radical (unpaired) electrons. The molecule has 25 heavy (non-hydrogen) atoms. The summed E-state index contributed by atoms with van der Waals surface area (Å²) < 4.78 is 0. The van der Waals surface area contributed by atoms with Gasteiger partial charge in [0.05, 0.1) is 0 Å². The molecule has 0 aromatic heterocycles. The molecule has 4 heteroatoms. The Morgan fingerprint density at radius 3 is 1.84 bits per heavy atom. The number of carbonyl (C=O) groups is 2. The Balaban J connectivity index is -0.000000323. The van der Waals surface area contributed by atoms with Gasteiger partial charge in [-0.1, -0.05) is 77.3 Å². The molecule has 4 nitrogen and oxygen atoms in total. The molecule has 1 aromatic rings. The number of hydrogen-bond donors (Lipinski definition) is 2. The van der Waals surface area contributed by atoms with Crippen LogP contribution in [-0.4, -0.2) is 18.4 Å². The standard InChI is InChI=1S/C9H13NO.C8H9NO.2C2H6/c1-4-6-9(5-2)7-10-8(3)11;1-7(10)9-8-5-3-2-4-6-8;2*1-2/h4-6H,1-2,7H2,3H3,(H,10,11);2-6H,1H3,(H,9,10);2*1-2H3/b9-6+;;;. The van der Waals surface area contributed by atoms with E-state index in [9.17, 15) is 9.59 Å². The summed E-state index contributed by atoms with van der Waals surface area (Å²) in [5.74, 6) is -0.0759. The molecule has 0 unspecified atom stereocenters. The smallest absolute Gasteiger partial charge is 0.221 e. The van der Waals surface area contributed by atoms with Crippen molar-refractivity contribution < 1.29 is 9.59 Å². The van der Waals surface area contributed by atoms with Gasteiger partial charge in [0.1, 0.15) is 0 Å². The number of para-hydroxylation sites is 1. The zero-order chi connectivity index (χ0) is 20.1. The number of rotatable bonds is 5. The summed E-state index contributed by atoms with van der Waals surface area (Å²) in [5.41, 5.74) is 1.80. The van der Waals surface area contributed by atoms with E-state index in [0.29, 0.717) is 6.54 Å². The molecule has 2 N–H and O–H groups in total. The van der Waals surface area contributed by atoms with Crippen molar-refractivity contribution in [1.82, 2.24) is 5.32 Å². The van der Waals surface area contributed by atoms with Crippen molar-refractivity contribution in [2.45, 2.75) is 41.5 Å². The van der Waals surface area contributed by atoms with Crippen LogP contribution < -0.4 is 10.6 Å². The third-order valence-corrected chi connectivity index (χ3v) is 2.23. The highest BCUT2D eigenvalue weighted by atomic mass is 16.2. The van der Waals surface area contributed by atoms with E-state index in [1.54, 1.807) is 12.2 Å². The number of nitrogens with one attached hydrogen (secondary N) is 2. The molecular weight excluding hydrogens is 312 g/mol. The van der Waals surface area contributed by atoms with Crippen molar-refractivity contribution >= 4 is 17.5 Å². The SMILES string of the molecule is C=C/C=C(\C=C)CNC(C)=O.CC.CC.CC(=O)Nc1ccccc1. The average Bonchev–Trinajstić information content (AvgIpc) is 2.63. The molecule has 0 spiro atoms. The summed E-state index contributed by atoms with van der Waals surface area (Å²) in [5, 5.41) is 5.32. The van der Waals surface area contributed by atoms with E-state index in [0.717, 1.165) is 11.3 Å². The van der Waals surface area contributed by atoms with Gasteiger partial charge in [0.2, 0.25) is 11.8 Å². The van der Waals surface area contributed by atoms with Crippen molar-refractivity contribution in [3.8, 4) is 0 Å². The fourth-order valence-electron chi connectivity index (χ4n) is 1.30. The number of hydrogen-bond acceptors (Lipinski definition) is 2. The quantitative estimate of drug-likeness (QED) is 0.727. The maximum Gasteiger partial charge on any atom is 0.221 e. The molecular formula is C21H34N2O2. The summed E-state index contributed by atoms with van der Waals surface area (Å²) in [4.78, 5) is 21.0. The maximum absolute atomic E-state index is 10.5. The lowest BCUT2D eigenvalue weighted by molar-refractivity contribution is -0.118. The van der Waals surface area contributed by atoms with Crippen LogP contribution in [0.2, 0.25) is 0 Å². The van der Waals surface area contributed by atoms with Crippen LogP contribution in [0.3, 0.4) is 0 Å². The monoisotopic (exact) mass is 346 g/mol. The van der Waals surface area contributed by atoms with Gasteiger partial charge in [-0.15, -0.1) is 0 Å². The normalized spacial score (nSPS) is 8.64. The summed E-state index contributed by atoms with van der Waals surface area (Å²) in [6.45, 7) is 18.6. The Bertz CT molecular complexity index is 506. The van der Waals surface area contributed by atoms with E-state index in [1.807, 2.05) is 64.1 Å². The first kappa shape index (κ1) is 27.2. The third-order valence-electron chi connectivity index (χ3n) is 2.23. The van der Waals surface area contributed by atoms with Gasteiger partial charge >= 0.3 is 0 Å². The summed E-state index contributed by atoms with van der Waals surface area (Å²) in [6, 6.07) is 9.37. The Kier molecular flexibility index (Phi) is 23.3. The van der Waals surface area contributed by atoms with Crippen LogP contribution in [0.15, 0.2) is 67.3 Å². The van der Waals surface area contributed by atoms with Gasteiger partial charge in [-0.25, -0.2) is 0 Å². The molecule has 0 heterocycles. The van der Waals surface area contributed by atoms with Gasteiger partial charge in [0.25, 0.3) is 0 Å². The van der Waals surface area contributed by atoms with Crippen LogP contribution in [0.25, 0.3) is 0 Å². The molecule has 140 valence electrons. The topological polar surface area (TPSA) is 58.2 Å². The highest BCUT2D eigenvalue weighted by molar-refractivity contribution is 5.88. The van der Waals surface area contributed by atoms with Crippen LogP contribution in [0, 0.1) is 0 Å². The number of benzene rings is 1. The molecule has 0 saturated carbocycles. The summed E-state index contributed by atoms with van der Waals surface area (Å²) >= 11 is 0. The van der Waals surface area contributed by atoms with E-state index in [-0.39, 0.29) is 11.8 Å². The molecule has 1 aromatic carbocycles. The minimum atomic E-state index is -0.0400. The first-order chi connectivity index (χ1) is 12.0. The minimum Gasteiger partial charge on any atom is -0.352 e. The second kappa shape index (κ2) is 21.4. The lowest BCUT2D eigenvalue weighted by Gasteiger charge is -2.00. The third kappa shape index (κ3) is 21.4. The van der Waals surface area contributed by atoms with Gasteiger partial charge in [0.15, 0.2) is 0 Å². The van der Waals surface area contributed by atoms with E-state index in [1.165, 1.54) is 13.8 Å². The van der Waals surface area contributed by atoms with Crippen molar-refractivity contribution in [3.63, 3.8) is 0 Å². The van der Waals surface area contributed by atoms with Crippen LogP contribution in [0.5, 0.6) is 0 Å². The predicted molar refractivity (Wildman–Crippen MR) is 111 cm³/mol. The van der Waals surface area contributed by atoms with Crippen molar-refractivity contribution in [1.29, 1.82) is 0 Å². The summed E-state index contributed by atoms with van der Waals surface area (Å²) in [6.07, 6.45) is 5.17. The Hall–Kier alpha value is -2.62. The molecule has 0 atom stereocenters. The molecule has 0 saturated heterocycles. The maximum atomic E-state index is 10.5. The van der Waals surface area contributed by atoms with Crippen molar-refractivity contribution in [2.24, 2.45) is 0 Å². The van der Waals surface area contributed by atoms with Crippen molar-refractivity contribution in [2.75, 3.05) is 11.9 Å². The highest BCUT2D eigenvalue weighted by Crippen LogP contribution is 2.03. The molecule has 0 aliphatic carbocycles. The van der Waals surface area contributed by atoms with E-state index < -0.39 is 0 Å². The Morgan fingerprint density at radius 2 is 1.48 bits per heavy atom. The van der Waals surface area contributed by atoms with Gasteiger partial charge in [0, 0.05) is 26.1 Å². The van der Waals surface area contributed by atoms with Crippen LogP contribution in [0.1, 0.15) is 41.5 Å². The largest absolute Gasteiger partial charge is 0.352 e. The van der Waals surface area contributed by atoms with Gasteiger partial charge in [-0.2, -0.15) is 0 Å². The lowest BCUT2D eigenvalue weighted by Crippen LogP contribution is -2.21. The predicted octanol–water partition coefficient (Wildman–Crippen LogP) is 5.12. The fourth-order valence-corrected chi connectivity index (χ4v) is 1.30. The number of carbonyl (C=O) groups excluding carboxylic acids is 2. The molecule has 0 aliphatic heterocycles. The minimum absolute atomic E-state index is 0.0359. The van der Waals surface area contributed by atoms with Crippen LogP contribution >= 0.6 is 0 Å². The van der Waals surface area contributed by atoms with E-state index in [2.05, 4.69) is 23.8 Å². The van der Waals surface area contributed by atoms with Crippen LogP contribution in [-0.2, 0) is 9.59 Å². The zero-order valence-electron chi connectivity index (χ0n) is 16.6. The Labute approximate surface area is 153 Å². The Morgan fingerprint density at radius 1 is 0.960 bits per heavy atom. The van der Waals surface area contributed by atoms with E-state index >= 15 is 0 Å². The van der Waals surface area contributed by atoms with Crippen LogP contribution in [0.4, 0.5) is 5.69 Å². The highest BCUT2D eigenvalue weighted by Gasteiger charge is 1.91. The average molecular weight is 347 g/mol. The second-order valence-corrected chi connectivity index (χ2v) is 4.14.